The van der Waals surface area contributed by atoms with Gasteiger partial charge >= 0.3 is 0 Å². The number of ether oxygens (including phenoxy) is 2. The maximum absolute atomic E-state index is 13.1. The number of anilines is 1. The molecule has 7 nitrogen and oxygen atoms in total. The molecule has 1 fully saturated rings. The Labute approximate surface area is 200 Å². The van der Waals surface area contributed by atoms with Crippen molar-refractivity contribution in [2.24, 2.45) is 0 Å². The monoisotopic (exact) mass is 480 g/mol. The molecule has 3 aromatic carbocycles. The predicted molar refractivity (Wildman–Crippen MR) is 131 cm³/mol. The summed E-state index contributed by atoms with van der Waals surface area (Å²) in [5.41, 5.74) is 3.68. The quantitative estimate of drug-likeness (QED) is 0.555. The van der Waals surface area contributed by atoms with Gasteiger partial charge in [0.25, 0.3) is 5.91 Å². The van der Waals surface area contributed by atoms with E-state index in [0.29, 0.717) is 49.5 Å². The molecule has 0 atom stereocenters. The summed E-state index contributed by atoms with van der Waals surface area (Å²) >= 11 is 0. The van der Waals surface area contributed by atoms with Crippen LogP contribution in [-0.4, -0.2) is 52.0 Å². The van der Waals surface area contributed by atoms with E-state index in [1.54, 1.807) is 32.2 Å². The zero-order valence-corrected chi connectivity index (χ0v) is 20.1. The van der Waals surface area contributed by atoms with E-state index in [4.69, 9.17) is 9.47 Å². The Hall–Kier alpha value is -3.20. The van der Waals surface area contributed by atoms with Crippen molar-refractivity contribution in [1.82, 2.24) is 4.31 Å². The smallest absolute Gasteiger partial charge is 0.255 e. The molecular weight excluding hydrogens is 452 g/mol. The average Bonchev–Trinajstić information content (AvgIpc) is 2.85. The van der Waals surface area contributed by atoms with Gasteiger partial charge in [-0.1, -0.05) is 36.4 Å². The van der Waals surface area contributed by atoms with Gasteiger partial charge in [0.1, 0.15) is 5.75 Å². The molecule has 1 heterocycles. The fourth-order valence-corrected chi connectivity index (χ4v) is 5.39. The van der Waals surface area contributed by atoms with Crippen molar-refractivity contribution in [3.63, 3.8) is 0 Å². The summed E-state index contributed by atoms with van der Waals surface area (Å²) in [6, 6.07) is 20.1. The number of aryl methyl sites for hydroxylation is 1. The average molecular weight is 481 g/mol. The lowest BCUT2D eigenvalue weighted by Gasteiger charge is -2.26. The van der Waals surface area contributed by atoms with Crippen molar-refractivity contribution in [2.75, 3.05) is 38.7 Å². The number of nitrogens with zero attached hydrogens (tertiary/aromatic N) is 1. The SMILES string of the molecule is COc1ccc(NC(=O)c2cc(S(=O)(=O)N3CCOCC3)ccc2C)cc1Cc1ccccc1. The summed E-state index contributed by atoms with van der Waals surface area (Å²) in [4.78, 5) is 13.2. The number of hydrogen-bond donors (Lipinski definition) is 1. The largest absolute Gasteiger partial charge is 0.496 e. The molecule has 3 aromatic rings. The van der Waals surface area contributed by atoms with Gasteiger partial charge in [-0.2, -0.15) is 4.31 Å². The highest BCUT2D eigenvalue weighted by atomic mass is 32.2. The van der Waals surface area contributed by atoms with E-state index in [0.717, 1.165) is 16.9 Å². The highest BCUT2D eigenvalue weighted by molar-refractivity contribution is 7.89. The molecule has 1 amide bonds. The second-order valence-corrected chi connectivity index (χ2v) is 10.1. The molecular formula is C26H28N2O5S. The second-order valence-electron chi connectivity index (χ2n) is 8.14. The molecule has 0 unspecified atom stereocenters. The number of carbonyl (C=O) groups excluding carboxylic acids is 1. The van der Waals surface area contributed by atoms with Crippen LogP contribution in [0.25, 0.3) is 0 Å². The van der Waals surface area contributed by atoms with Crippen molar-refractivity contribution in [1.29, 1.82) is 0 Å². The van der Waals surface area contributed by atoms with Gasteiger partial charge in [-0.15, -0.1) is 0 Å². The molecule has 8 heteroatoms. The van der Waals surface area contributed by atoms with Crippen LogP contribution in [0.3, 0.4) is 0 Å². The summed E-state index contributed by atoms with van der Waals surface area (Å²) in [5.74, 6) is 0.365. The number of sulfonamides is 1. The van der Waals surface area contributed by atoms with Gasteiger partial charge in [0.2, 0.25) is 10.0 Å². The van der Waals surface area contributed by atoms with E-state index in [-0.39, 0.29) is 10.8 Å². The van der Waals surface area contributed by atoms with E-state index in [1.165, 1.54) is 10.4 Å². The van der Waals surface area contributed by atoms with Crippen LogP contribution in [-0.2, 0) is 21.2 Å². The van der Waals surface area contributed by atoms with Crippen LogP contribution in [0.4, 0.5) is 5.69 Å². The first-order valence-corrected chi connectivity index (χ1v) is 12.5. The highest BCUT2D eigenvalue weighted by Gasteiger charge is 2.27. The van der Waals surface area contributed by atoms with E-state index in [9.17, 15) is 13.2 Å². The lowest BCUT2D eigenvalue weighted by atomic mass is 10.0. The third-order valence-electron chi connectivity index (χ3n) is 5.84. The number of carbonyl (C=O) groups is 1. The first kappa shape index (κ1) is 23.9. The Morgan fingerprint density at radius 2 is 1.76 bits per heavy atom. The third-order valence-corrected chi connectivity index (χ3v) is 7.73. The number of rotatable bonds is 7. The van der Waals surface area contributed by atoms with Gasteiger partial charge in [0, 0.05) is 36.3 Å². The van der Waals surface area contributed by atoms with Crippen molar-refractivity contribution < 1.29 is 22.7 Å². The van der Waals surface area contributed by atoms with Crippen LogP contribution < -0.4 is 10.1 Å². The lowest BCUT2D eigenvalue weighted by molar-refractivity contribution is 0.0730. The molecule has 178 valence electrons. The van der Waals surface area contributed by atoms with Crippen LogP contribution in [0.1, 0.15) is 27.0 Å². The predicted octanol–water partition coefficient (Wildman–Crippen LogP) is 3.87. The Balaban J connectivity index is 1.58. The topological polar surface area (TPSA) is 84.9 Å². The molecule has 1 N–H and O–H groups in total. The minimum Gasteiger partial charge on any atom is -0.496 e. The number of morpholine rings is 1. The summed E-state index contributed by atoms with van der Waals surface area (Å²) in [6.07, 6.45) is 0.653. The normalized spacial score (nSPS) is 14.5. The zero-order valence-electron chi connectivity index (χ0n) is 19.3. The van der Waals surface area contributed by atoms with Gasteiger partial charge < -0.3 is 14.8 Å². The maximum Gasteiger partial charge on any atom is 0.255 e. The van der Waals surface area contributed by atoms with Gasteiger partial charge in [0.05, 0.1) is 25.2 Å². The van der Waals surface area contributed by atoms with Crippen LogP contribution in [0, 0.1) is 6.92 Å². The Morgan fingerprint density at radius 3 is 2.47 bits per heavy atom. The molecule has 0 radical (unpaired) electrons. The summed E-state index contributed by atoms with van der Waals surface area (Å²) < 4.78 is 38.2. The van der Waals surface area contributed by atoms with Crippen molar-refractivity contribution in [3.05, 3.63) is 89.0 Å². The Morgan fingerprint density at radius 1 is 1.03 bits per heavy atom. The lowest BCUT2D eigenvalue weighted by Crippen LogP contribution is -2.40. The molecule has 4 rings (SSSR count). The first-order chi connectivity index (χ1) is 16.4. The second kappa shape index (κ2) is 10.4. The van der Waals surface area contributed by atoms with Gasteiger partial charge in [-0.05, 0) is 48.4 Å². The number of benzene rings is 3. The van der Waals surface area contributed by atoms with E-state index in [2.05, 4.69) is 5.32 Å². The third kappa shape index (κ3) is 5.30. The Kier molecular flexibility index (Phi) is 7.31. The molecule has 0 saturated carbocycles. The highest BCUT2D eigenvalue weighted by Crippen LogP contribution is 2.27. The van der Waals surface area contributed by atoms with Crippen LogP contribution in [0.5, 0.6) is 5.75 Å². The van der Waals surface area contributed by atoms with Crippen LogP contribution in [0.15, 0.2) is 71.6 Å². The summed E-state index contributed by atoms with van der Waals surface area (Å²) in [6.45, 7) is 3.11. The summed E-state index contributed by atoms with van der Waals surface area (Å²) in [7, 11) is -2.08. The van der Waals surface area contributed by atoms with Crippen molar-refractivity contribution in [3.8, 4) is 5.75 Å². The fraction of sp³-hybridized carbons (Fsp3) is 0.269. The van der Waals surface area contributed by atoms with Crippen molar-refractivity contribution >= 4 is 21.6 Å². The fourth-order valence-electron chi connectivity index (χ4n) is 3.95. The number of methoxy groups -OCH3 is 1. The maximum atomic E-state index is 13.1. The minimum absolute atomic E-state index is 0.102. The standard InChI is InChI=1S/C26H28N2O5S/c1-19-8-10-23(34(30,31)28-12-14-33-15-13-28)18-24(19)26(29)27-22-9-11-25(32-2)21(17-22)16-20-6-4-3-5-7-20/h3-11,17-18H,12-16H2,1-2H3,(H,27,29). The first-order valence-electron chi connectivity index (χ1n) is 11.1. The molecule has 0 aliphatic carbocycles. The van der Waals surface area contributed by atoms with Gasteiger partial charge in [-0.3, -0.25) is 4.79 Å². The molecule has 0 spiro atoms. The van der Waals surface area contributed by atoms with Crippen LogP contribution in [0.2, 0.25) is 0 Å². The summed E-state index contributed by atoms with van der Waals surface area (Å²) in [5, 5.41) is 2.91. The zero-order chi connectivity index (χ0) is 24.1. The van der Waals surface area contributed by atoms with E-state index < -0.39 is 10.0 Å². The Bertz CT molecular complexity index is 1270. The molecule has 1 aliphatic heterocycles. The van der Waals surface area contributed by atoms with E-state index in [1.807, 2.05) is 42.5 Å². The molecule has 0 aromatic heterocycles. The number of amides is 1. The van der Waals surface area contributed by atoms with Crippen LogP contribution >= 0.6 is 0 Å². The van der Waals surface area contributed by atoms with Gasteiger partial charge in [-0.25, -0.2) is 8.42 Å². The van der Waals surface area contributed by atoms with E-state index >= 15 is 0 Å². The molecule has 34 heavy (non-hydrogen) atoms. The molecule has 0 bridgehead atoms. The number of nitrogens with one attached hydrogen (secondary N) is 1. The van der Waals surface area contributed by atoms with Crippen molar-refractivity contribution in [2.45, 2.75) is 18.2 Å². The van der Waals surface area contributed by atoms with Gasteiger partial charge in [0.15, 0.2) is 0 Å². The molecule has 1 aliphatic rings. The number of hydrogen-bond acceptors (Lipinski definition) is 5. The minimum atomic E-state index is -3.70. The molecule has 1 saturated heterocycles.